The number of rotatable bonds is 1. The monoisotopic (exact) mass is 303 g/mol. The van der Waals surface area contributed by atoms with E-state index < -0.39 is 9.84 Å². The predicted molar refractivity (Wildman–Crippen MR) is 79.0 cm³/mol. The highest BCUT2D eigenvalue weighted by molar-refractivity contribution is 7.91. The SMILES string of the molecule is O=C1N[C@H]2CS(=O)(=O)C[C@H]2N1c1ccc2ncccc2c1. The summed E-state index contributed by atoms with van der Waals surface area (Å²) in [7, 11) is -3.08. The van der Waals surface area contributed by atoms with Gasteiger partial charge in [0.2, 0.25) is 0 Å². The van der Waals surface area contributed by atoms with E-state index in [4.69, 9.17) is 0 Å². The number of anilines is 1. The lowest BCUT2D eigenvalue weighted by molar-refractivity contribution is 0.251. The lowest BCUT2D eigenvalue weighted by Gasteiger charge is -2.21. The van der Waals surface area contributed by atoms with E-state index in [-0.39, 0.29) is 29.6 Å². The van der Waals surface area contributed by atoms with Gasteiger partial charge in [0.05, 0.1) is 29.1 Å². The molecule has 2 aliphatic heterocycles. The Morgan fingerprint density at radius 1 is 1.24 bits per heavy atom. The topological polar surface area (TPSA) is 79.4 Å². The molecule has 3 heterocycles. The summed E-state index contributed by atoms with van der Waals surface area (Å²) in [6.07, 6.45) is 1.71. The van der Waals surface area contributed by atoms with Gasteiger partial charge in [-0.15, -0.1) is 0 Å². The van der Waals surface area contributed by atoms with Crippen LogP contribution in [0.5, 0.6) is 0 Å². The second-order valence-corrected chi connectivity index (χ2v) is 7.60. The van der Waals surface area contributed by atoms with Gasteiger partial charge < -0.3 is 5.32 Å². The zero-order valence-electron chi connectivity index (χ0n) is 11.1. The van der Waals surface area contributed by atoms with Crippen LogP contribution in [0.1, 0.15) is 0 Å². The van der Waals surface area contributed by atoms with Gasteiger partial charge in [-0.3, -0.25) is 9.88 Å². The summed E-state index contributed by atoms with van der Waals surface area (Å²) >= 11 is 0. The quantitative estimate of drug-likeness (QED) is 0.795. The fourth-order valence-electron chi connectivity index (χ4n) is 3.12. The number of benzene rings is 1. The predicted octanol–water partition coefficient (Wildman–Crippen LogP) is 0.930. The molecule has 7 heteroatoms. The molecule has 1 N–H and O–H groups in total. The third-order valence-electron chi connectivity index (χ3n) is 4.05. The number of hydrogen-bond donors (Lipinski definition) is 1. The lowest BCUT2D eigenvalue weighted by atomic mass is 10.1. The second-order valence-electron chi connectivity index (χ2n) is 5.45. The Labute approximate surface area is 121 Å². The zero-order chi connectivity index (χ0) is 14.6. The summed E-state index contributed by atoms with van der Waals surface area (Å²) in [4.78, 5) is 17.9. The Morgan fingerprint density at radius 2 is 2.10 bits per heavy atom. The highest BCUT2D eigenvalue weighted by atomic mass is 32.2. The van der Waals surface area contributed by atoms with E-state index in [0.717, 1.165) is 10.9 Å². The Kier molecular flexibility index (Phi) is 2.50. The van der Waals surface area contributed by atoms with Crippen LogP contribution in [0.15, 0.2) is 36.5 Å². The van der Waals surface area contributed by atoms with E-state index in [1.807, 2.05) is 30.3 Å². The van der Waals surface area contributed by atoms with Crippen LogP contribution in [0.25, 0.3) is 10.9 Å². The van der Waals surface area contributed by atoms with Gasteiger partial charge in [-0.1, -0.05) is 6.07 Å². The number of nitrogens with one attached hydrogen (secondary N) is 1. The number of amides is 2. The van der Waals surface area contributed by atoms with Gasteiger partial charge in [-0.2, -0.15) is 0 Å². The summed E-state index contributed by atoms with van der Waals surface area (Å²) in [5, 5.41) is 3.68. The number of nitrogens with zero attached hydrogens (tertiary/aromatic N) is 2. The molecule has 0 saturated carbocycles. The van der Waals surface area contributed by atoms with E-state index in [2.05, 4.69) is 10.3 Å². The number of fused-ring (bicyclic) bond motifs is 2. The summed E-state index contributed by atoms with van der Waals surface area (Å²) in [6, 6.07) is 8.40. The van der Waals surface area contributed by atoms with Crippen molar-refractivity contribution < 1.29 is 13.2 Å². The fraction of sp³-hybridized carbons (Fsp3) is 0.286. The minimum Gasteiger partial charge on any atom is -0.332 e. The maximum Gasteiger partial charge on any atom is 0.322 e. The Balaban J connectivity index is 1.78. The van der Waals surface area contributed by atoms with E-state index in [1.54, 1.807) is 11.1 Å². The van der Waals surface area contributed by atoms with Crippen LogP contribution >= 0.6 is 0 Å². The van der Waals surface area contributed by atoms with Crippen molar-refractivity contribution >= 4 is 32.5 Å². The molecule has 6 nitrogen and oxygen atoms in total. The van der Waals surface area contributed by atoms with E-state index >= 15 is 0 Å². The first kappa shape index (κ1) is 12.6. The summed E-state index contributed by atoms with van der Waals surface area (Å²) in [5.74, 6) is 0.0382. The third-order valence-corrected chi connectivity index (χ3v) is 5.76. The summed E-state index contributed by atoms with van der Waals surface area (Å²) < 4.78 is 23.5. The zero-order valence-corrected chi connectivity index (χ0v) is 11.9. The maximum absolute atomic E-state index is 12.1. The average molecular weight is 303 g/mol. The van der Waals surface area contributed by atoms with Crippen molar-refractivity contribution in [2.24, 2.45) is 0 Å². The second kappa shape index (κ2) is 4.17. The first-order valence-corrected chi connectivity index (χ1v) is 8.51. The molecule has 21 heavy (non-hydrogen) atoms. The van der Waals surface area contributed by atoms with Crippen molar-refractivity contribution in [3.8, 4) is 0 Å². The maximum atomic E-state index is 12.1. The van der Waals surface area contributed by atoms with Crippen molar-refractivity contribution in [1.82, 2.24) is 10.3 Å². The first-order chi connectivity index (χ1) is 10.0. The minimum atomic E-state index is -3.08. The van der Waals surface area contributed by atoms with E-state index in [0.29, 0.717) is 5.69 Å². The average Bonchev–Trinajstić information content (AvgIpc) is 2.88. The molecule has 2 aromatic rings. The number of hydrogen-bond acceptors (Lipinski definition) is 4. The molecule has 0 aliphatic carbocycles. The molecular weight excluding hydrogens is 290 g/mol. The molecule has 2 amide bonds. The molecule has 1 aromatic heterocycles. The number of sulfone groups is 1. The highest BCUT2D eigenvalue weighted by Gasteiger charge is 2.49. The van der Waals surface area contributed by atoms with Crippen LogP contribution in [0, 0.1) is 0 Å². The van der Waals surface area contributed by atoms with Crippen LogP contribution in [0.2, 0.25) is 0 Å². The normalized spacial score (nSPS) is 26.9. The summed E-state index contributed by atoms with van der Waals surface area (Å²) in [5.41, 5.74) is 1.55. The molecule has 108 valence electrons. The van der Waals surface area contributed by atoms with Crippen LogP contribution in [-0.4, -0.2) is 43.0 Å². The first-order valence-electron chi connectivity index (χ1n) is 6.68. The van der Waals surface area contributed by atoms with Gasteiger partial charge in [-0.05, 0) is 24.3 Å². The van der Waals surface area contributed by atoms with Crippen molar-refractivity contribution in [3.63, 3.8) is 0 Å². The molecule has 0 radical (unpaired) electrons. The van der Waals surface area contributed by atoms with Gasteiger partial charge in [0.25, 0.3) is 0 Å². The molecule has 2 aliphatic rings. The molecule has 0 bridgehead atoms. The molecule has 0 spiro atoms. The number of aromatic nitrogens is 1. The van der Waals surface area contributed by atoms with Crippen LogP contribution in [0.3, 0.4) is 0 Å². The van der Waals surface area contributed by atoms with Crippen LogP contribution < -0.4 is 10.2 Å². The Hall–Kier alpha value is -2.15. The molecule has 2 atom stereocenters. The van der Waals surface area contributed by atoms with Gasteiger partial charge in [0.15, 0.2) is 9.84 Å². The highest BCUT2D eigenvalue weighted by Crippen LogP contribution is 2.30. The fourth-order valence-corrected chi connectivity index (χ4v) is 5.01. The van der Waals surface area contributed by atoms with Crippen LogP contribution in [0.4, 0.5) is 10.5 Å². The van der Waals surface area contributed by atoms with Crippen molar-refractivity contribution in [2.75, 3.05) is 16.4 Å². The van der Waals surface area contributed by atoms with E-state index in [1.165, 1.54) is 0 Å². The van der Waals surface area contributed by atoms with Gasteiger partial charge in [0.1, 0.15) is 0 Å². The number of urea groups is 1. The smallest absolute Gasteiger partial charge is 0.322 e. The standard InChI is InChI=1S/C14H13N3O3S/c18-14-16-12-7-21(19,20)8-13(12)17(14)10-3-4-11-9(6-10)2-1-5-15-11/h1-6,12-13H,7-8H2,(H,16,18)/t12-,13+/m0/s1. The molecule has 1 aromatic carbocycles. The number of pyridine rings is 1. The summed E-state index contributed by atoms with van der Waals surface area (Å²) in [6.45, 7) is 0. The Bertz CT molecular complexity index is 849. The molecular formula is C14H13N3O3S. The molecule has 2 fully saturated rings. The lowest BCUT2D eigenvalue weighted by Crippen LogP contribution is -2.36. The van der Waals surface area contributed by atoms with Crippen molar-refractivity contribution in [2.45, 2.75) is 12.1 Å². The minimum absolute atomic E-state index is 0.0154. The van der Waals surface area contributed by atoms with Gasteiger partial charge >= 0.3 is 6.03 Å². The largest absolute Gasteiger partial charge is 0.332 e. The van der Waals surface area contributed by atoms with Crippen LogP contribution in [-0.2, 0) is 9.84 Å². The van der Waals surface area contributed by atoms with Crippen molar-refractivity contribution in [3.05, 3.63) is 36.5 Å². The Morgan fingerprint density at radius 3 is 2.95 bits per heavy atom. The van der Waals surface area contributed by atoms with Gasteiger partial charge in [-0.25, -0.2) is 13.2 Å². The van der Waals surface area contributed by atoms with E-state index in [9.17, 15) is 13.2 Å². The number of carbonyl (C=O) groups is 1. The number of carbonyl (C=O) groups excluding carboxylic acids is 1. The van der Waals surface area contributed by atoms with Crippen molar-refractivity contribution in [1.29, 1.82) is 0 Å². The molecule has 2 saturated heterocycles. The third kappa shape index (κ3) is 1.96. The van der Waals surface area contributed by atoms with Gasteiger partial charge in [0, 0.05) is 17.3 Å². The molecule has 0 unspecified atom stereocenters. The molecule has 4 rings (SSSR count).